The quantitative estimate of drug-likeness (QED) is 0.709. The average molecular weight is 237 g/mol. The first kappa shape index (κ1) is 12.2. The molecule has 2 aromatic rings. The fraction of sp³-hybridized carbons (Fsp3) is 0.188. The van der Waals surface area contributed by atoms with Gasteiger partial charge in [0.1, 0.15) is 11.9 Å². The highest BCUT2D eigenvalue weighted by Gasteiger charge is 2.00. The van der Waals surface area contributed by atoms with Gasteiger partial charge in [0.25, 0.3) is 0 Å². The molecule has 0 atom stereocenters. The predicted octanol–water partition coefficient (Wildman–Crippen LogP) is 3.39. The lowest BCUT2D eigenvalue weighted by atomic mass is 10.0. The van der Waals surface area contributed by atoms with Gasteiger partial charge in [-0.15, -0.1) is 0 Å². The number of nitrogens with zero attached hydrogens (tertiary/aromatic N) is 1. The maximum Gasteiger partial charge on any atom is 0.143 e. The van der Waals surface area contributed by atoms with Crippen LogP contribution in [-0.4, -0.2) is 4.98 Å². The minimum absolute atomic E-state index is 0.708. The van der Waals surface area contributed by atoms with E-state index in [4.69, 9.17) is 4.74 Å². The van der Waals surface area contributed by atoms with Gasteiger partial charge < -0.3 is 4.74 Å². The average Bonchev–Trinajstić information content (AvgIpc) is 2.34. The Labute approximate surface area is 108 Å². The van der Waals surface area contributed by atoms with Crippen molar-refractivity contribution in [3.05, 3.63) is 58.9 Å². The highest BCUT2D eigenvalue weighted by atomic mass is 16.5. The van der Waals surface area contributed by atoms with E-state index < -0.39 is 0 Å². The normalized spacial score (nSPS) is 9.50. The van der Waals surface area contributed by atoms with Crippen molar-refractivity contribution >= 4 is 0 Å². The molecule has 0 aliphatic carbocycles. The largest absolute Gasteiger partial charge is 0.407 e. The van der Waals surface area contributed by atoms with Crippen LogP contribution in [0.15, 0.2) is 36.7 Å². The van der Waals surface area contributed by atoms with Crippen LogP contribution in [0.25, 0.3) is 0 Å². The van der Waals surface area contributed by atoms with Gasteiger partial charge in [0.15, 0.2) is 0 Å². The van der Waals surface area contributed by atoms with Crippen molar-refractivity contribution in [1.29, 1.82) is 0 Å². The smallest absolute Gasteiger partial charge is 0.143 e. The van der Waals surface area contributed by atoms with Gasteiger partial charge in [-0.3, -0.25) is 4.98 Å². The lowest BCUT2D eigenvalue weighted by Crippen LogP contribution is -1.91. The van der Waals surface area contributed by atoms with E-state index in [-0.39, 0.29) is 0 Å². The SMILES string of the molecule is Cc1cc(C)c(C#COc2ccncc2)c(C)c1. The van der Waals surface area contributed by atoms with Crippen LogP contribution in [0.4, 0.5) is 0 Å². The molecule has 2 rings (SSSR count). The molecule has 2 nitrogen and oxygen atoms in total. The molecule has 0 bridgehead atoms. The summed E-state index contributed by atoms with van der Waals surface area (Å²) in [5.41, 5.74) is 4.65. The first-order valence-corrected chi connectivity index (χ1v) is 5.82. The topological polar surface area (TPSA) is 22.1 Å². The second-order valence-corrected chi connectivity index (χ2v) is 4.29. The summed E-state index contributed by atoms with van der Waals surface area (Å²) in [5.74, 6) is 3.77. The second kappa shape index (κ2) is 5.37. The van der Waals surface area contributed by atoms with E-state index in [2.05, 4.69) is 49.9 Å². The molecule has 0 N–H and O–H groups in total. The molecular weight excluding hydrogens is 222 g/mol. The first-order valence-electron chi connectivity index (χ1n) is 5.82. The van der Waals surface area contributed by atoms with E-state index in [1.54, 1.807) is 24.5 Å². The Hall–Kier alpha value is -2.27. The molecule has 0 unspecified atom stereocenters. The van der Waals surface area contributed by atoms with Crippen LogP contribution in [-0.2, 0) is 0 Å². The van der Waals surface area contributed by atoms with Crippen LogP contribution in [0.5, 0.6) is 5.75 Å². The molecule has 0 aliphatic rings. The number of pyridine rings is 1. The zero-order chi connectivity index (χ0) is 13.0. The summed E-state index contributed by atoms with van der Waals surface area (Å²) in [6, 6.07) is 7.82. The zero-order valence-corrected chi connectivity index (χ0v) is 10.8. The highest BCUT2D eigenvalue weighted by molar-refractivity contribution is 5.48. The van der Waals surface area contributed by atoms with Gasteiger partial charge in [0.05, 0.1) is 0 Å². The molecule has 0 fully saturated rings. The maximum absolute atomic E-state index is 5.35. The van der Waals surface area contributed by atoms with Gasteiger partial charge in [0, 0.05) is 30.1 Å². The van der Waals surface area contributed by atoms with Crippen molar-refractivity contribution in [2.75, 3.05) is 0 Å². The number of hydrogen-bond acceptors (Lipinski definition) is 2. The number of hydrogen-bond donors (Lipinski definition) is 0. The van der Waals surface area contributed by atoms with Gasteiger partial charge in [-0.1, -0.05) is 17.7 Å². The lowest BCUT2D eigenvalue weighted by Gasteiger charge is -2.04. The lowest BCUT2D eigenvalue weighted by molar-refractivity contribution is 0.519. The molecule has 1 heterocycles. The monoisotopic (exact) mass is 237 g/mol. The van der Waals surface area contributed by atoms with E-state index in [9.17, 15) is 0 Å². The molecule has 0 saturated carbocycles. The summed E-state index contributed by atoms with van der Waals surface area (Å²) < 4.78 is 5.35. The third-order valence-electron chi connectivity index (χ3n) is 2.67. The number of rotatable bonds is 1. The number of aromatic nitrogens is 1. The van der Waals surface area contributed by atoms with Crippen molar-refractivity contribution in [2.24, 2.45) is 0 Å². The van der Waals surface area contributed by atoms with E-state index >= 15 is 0 Å². The number of aryl methyl sites for hydroxylation is 3. The molecule has 2 heteroatoms. The van der Waals surface area contributed by atoms with Crippen molar-refractivity contribution in [3.8, 4) is 17.8 Å². The van der Waals surface area contributed by atoms with Gasteiger partial charge in [-0.25, -0.2) is 0 Å². The first-order chi connectivity index (χ1) is 8.66. The van der Waals surface area contributed by atoms with Crippen LogP contribution in [0.1, 0.15) is 22.3 Å². The van der Waals surface area contributed by atoms with Gasteiger partial charge in [-0.05, 0) is 37.8 Å². The molecule has 0 aliphatic heterocycles. The van der Waals surface area contributed by atoms with E-state index in [0.29, 0.717) is 5.75 Å². The summed E-state index contributed by atoms with van der Waals surface area (Å²) in [7, 11) is 0. The van der Waals surface area contributed by atoms with Crippen LogP contribution in [0.3, 0.4) is 0 Å². The molecule has 1 aromatic carbocycles. The Morgan fingerprint density at radius 1 is 1.00 bits per heavy atom. The zero-order valence-electron chi connectivity index (χ0n) is 10.8. The van der Waals surface area contributed by atoms with Gasteiger partial charge in [0.2, 0.25) is 0 Å². The fourth-order valence-corrected chi connectivity index (χ4v) is 1.92. The van der Waals surface area contributed by atoms with E-state index in [1.165, 1.54) is 16.7 Å². The molecule has 0 radical (unpaired) electrons. The molecule has 1 aromatic heterocycles. The Bertz CT molecular complexity index is 583. The molecule has 0 amide bonds. The third-order valence-corrected chi connectivity index (χ3v) is 2.67. The van der Waals surface area contributed by atoms with Crippen molar-refractivity contribution in [1.82, 2.24) is 4.98 Å². The number of benzene rings is 1. The Kier molecular flexibility index (Phi) is 3.64. The molecular formula is C16H15NO. The third kappa shape index (κ3) is 2.89. The van der Waals surface area contributed by atoms with Crippen LogP contribution >= 0.6 is 0 Å². The van der Waals surface area contributed by atoms with Crippen LogP contribution in [0.2, 0.25) is 0 Å². The Balaban J connectivity index is 2.21. The summed E-state index contributed by atoms with van der Waals surface area (Å²) >= 11 is 0. The van der Waals surface area contributed by atoms with Crippen LogP contribution < -0.4 is 4.74 Å². The Morgan fingerprint density at radius 2 is 1.61 bits per heavy atom. The molecule has 0 spiro atoms. The van der Waals surface area contributed by atoms with Gasteiger partial charge >= 0.3 is 0 Å². The van der Waals surface area contributed by atoms with Crippen molar-refractivity contribution in [3.63, 3.8) is 0 Å². The second-order valence-electron chi connectivity index (χ2n) is 4.29. The van der Waals surface area contributed by atoms with E-state index in [1.807, 2.05) is 0 Å². The van der Waals surface area contributed by atoms with Crippen molar-refractivity contribution in [2.45, 2.75) is 20.8 Å². The molecule has 0 saturated heterocycles. The summed E-state index contributed by atoms with van der Waals surface area (Å²) in [4.78, 5) is 3.92. The molecule has 18 heavy (non-hydrogen) atoms. The fourth-order valence-electron chi connectivity index (χ4n) is 1.92. The summed E-state index contributed by atoms with van der Waals surface area (Å²) in [6.45, 7) is 6.22. The standard InChI is InChI=1S/C16H15NO/c1-12-10-13(2)16(14(3)11-12)6-9-18-15-4-7-17-8-5-15/h4-5,7-8,10-11H,1-3H3. The molecule has 90 valence electrons. The minimum Gasteiger partial charge on any atom is -0.407 e. The van der Waals surface area contributed by atoms with Crippen molar-refractivity contribution < 1.29 is 4.74 Å². The summed E-state index contributed by atoms with van der Waals surface area (Å²) in [5, 5.41) is 0. The maximum atomic E-state index is 5.35. The summed E-state index contributed by atoms with van der Waals surface area (Å²) in [6.07, 6.45) is 6.10. The number of ether oxygens (including phenoxy) is 1. The predicted molar refractivity (Wildman–Crippen MR) is 72.4 cm³/mol. The van der Waals surface area contributed by atoms with Crippen LogP contribution in [0, 0.1) is 32.8 Å². The Morgan fingerprint density at radius 3 is 2.22 bits per heavy atom. The van der Waals surface area contributed by atoms with Gasteiger partial charge in [-0.2, -0.15) is 0 Å². The minimum atomic E-state index is 0.708. The van der Waals surface area contributed by atoms with E-state index in [0.717, 1.165) is 5.56 Å². The highest BCUT2D eigenvalue weighted by Crippen LogP contribution is 2.15.